The molecule has 0 aromatic rings. The number of hydrogen-bond donors (Lipinski definition) is 1. The summed E-state index contributed by atoms with van der Waals surface area (Å²) >= 11 is -2.41. The van der Waals surface area contributed by atoms with Crippen molar-refractivity contribution in [3.8, 4) is 0 Å². The van der Waals surface area contributed by atoms with E-state index in [1.807, 2.05) is 0 Å². The molecule has 76 valence electrons. The average molecular weight is 207 g/mol. The van der Waals surface area contributed by atoms with E-state index in [0.717, 1.165) is 0 Å². The van der Waals surface area contributed by atoms with Gasteiger partial charge in [-0.25, -0.2) is 0 Å². The van der Waals surface area contributed by atoms with E-state index in [-0.39, 0.29) is 12.8 Å². The smallest absolute Gasteiger partial charge is 0.310 e. The van der Waals surface area contributed by atoms with Gasteiger partial charge in [0.1, 0.15) is 6.29 Å². The number of hydrogen-bond acceptors (Lipinski definition) is 4. The number of carboxylic acids is 1. The van der Waals surface area contributed by atoms with Gasteiger partial charge in [0.15, 0.2) is 0 Å². The monoisotopic (exact) mass is 207 g/mol. The van der Waals surface area contributed by atoms with Crippen LogP contribution in [0, 0.1) is 5.41 Å². The highest BCUT2D eigenvalue weighted by Gasteiger charge is 2.32. The number of rotatable bonds is 6. The lowest BCUT2D eigenvalue weighted by atomic mass is 9.88. The van der Waals surface area contributed by atoms with Crippen LogP contribution in [0.25, 0.3) is 0 Å². The fourth-order valence-electron chi connectivity index (χ4n) is 0.878. The second-order valence-electron chi connectivity index (χ2n) is 3.02. The molecule has 0 aromatic heterocycles. The van der Waals surface area contributed by atoms with Crippen LogP contribution in [0.15, 0.2) is 0 Å². The van der Waals surface area contributed by atoms with Crippen molar-refractivity contribution in [3.05, 3.63) is 0 Å². The van der Waals surface area contributed by atoms with Gasteiger partial charge < -0.3 is 14.5 Å². The summed E-state index contributed by atoms with van der Waals surface area (Å²) in [7, 11) is 0. The number of aldehydes is 1. The van der Waals surface area contributed by atoms with Crippen LogP contribution in [-0.2, 0) is 20.7 Å². The zero-order chi connectivity index (χ0) is 10.5. The zero-order valence-corrected chi connectivity index (χ0v) is 8.00. The molecule has 0 saturated carbocycles. The third-order valence-corrected chi connectivity index (χ3v) is 2.64. The SMILES string of the molecule is C[C@](CCC=O)(CS(=O)[O-])C(=O)O. The van der Waals surface area contributed by atoms with Crippen molar-refractivity contribution in [3.63, 3.8) is 0 Å². The summed E-state index contributed by atoms with van der Waals surface area (Å²) in [6, 6.07) is 0. The number of carboxylic acid groups (broad SMARTS) is 1. The van der Waals surface area contributed by atoms with Crippen molar-refractivity contribution in [2.45, 2.75) is 19.8 Å². The maximum Gasteiger partial charge on any atom is 0.310 e. The Hall–Kier alpha value is -0.750. The van der Waals surface area contributed by atoms with Crippen LogP contribution in [0.1, 0.15) is 19.8 Å². The van der Waals surface area contributed by atoms with Crippen LogP contribution in [0.4, 0.5) is 0 Å². The van der Waals surface area contributed by atoms with Crippen LogP contribution in [0.5, 0.6) is 0 Å². The van der Waals surface area contributed by atoms with Gasteiger partial charge in [-0.05, 0) is 13.3 Å². The van der Waals surface area contributed by atoms with Crippen molar-refractivity contribution >= 4 is 23.3 Å². The minimum Gasteiger partial charge on any atom is -0.772 e. The van der Waals surface area contributed by atoms with Crippen molar-refractivity contribution < 1.29 is 23.5 Å². The fraction of sp³-hybridized carbons (Fsp3) is 0.714. The van der Waals surface area contributed by atoms with Crippen molar-refractivity contribution in [1.29, 1.82) is 0 Å². The van der Waals surface area contributed by atoms with E-state index in [1.54, 1.807) is 0 Å². The zero-order valence-electron chi connectivity index (χ0n) is 7.19. The summed E-state index contributed by atoms with van der Waals surface area (Å²) < 4.78 is 20.7. The second-order valence-corrected chi connectivity index (χ2v) is 3.92. The highest BCUT2D eigenvalue weighted by molar-refractivity contribution is 7.79. The van der Waals surface area contributed by atoms with Crippen molar-refractivity contribution in [2.24, 2.45) is 5.41 Å². The lowest BCUT2D eigenvalue weighted by molar-refractivity contribution is -0.147. The minimum absolute atomic E-state index is 0.0415. The summed E-state index contributed by atoms with van der Waals surface area (Å²) in [6.07, 6.45) is 0.675. The van der Waals surface area contributed by atoms with Gasteiger partial charge in [-0.3, -0.25) is 9.00 Å². The first-order valence-corrected chi connectivity index (χ1v) is 4.89. The van der Waals surface area contributed by atoms with Crippen LogP contribution in [0.3, 0.4) is 0 Å². The van der Waals surface area contributed by atoms with Gasteiger partial charge >= 0.3 is 5.97 Å². The first-order valence-electron chi connectivity index (χ1n) is 3.65. The van der Waals surface area contributed by atoms with Crippen LogP contribution in [0.2, 0.25) is 0 Å². The molecule has 0 spiro atoms. The molecule has 13 heavy (non-hydrogen) atoms. The minimum atomic E-state index is -2.41. The van der Waals surface area contributed by atoms with E-state index in [4.69, 9.17) is 5.11 Å². The highest BCUT2D eigenvalue weighted by Crippen LogP contribution is 2.23. The van der Waals surface area contributed by atoms with E-state index < -0.39 is 28.2 Å². The predicted molar refractivity (Wildman–Crippen MR) is 44.8 cm³/mol. The van der Waals surface area contributed by atoms with Crippen LogP contribution < -0.4 is 0 Å². The van der Waals surface area contributed by atoms with E-state index in [9.17, 15) is 18.4 Å². The lowest BCUT2D eigenvalue weighted by Gasteiger charge is -2.24. The molecule has 6 heteroatoms. The second kappa shape index (κ2) is 5.08. The van der Waals surface area contributed by atoms with Crippen LogP contribution in [-0.4, -0.2) is 31.9 Å². The lowest BCUT2D eigenvalue weighted by Crippen LogP contribution is -2.33. The van der Waals surface area contributed by atoms with E-state index in [0.29, 0.717) is 6.29 Å². The summed E-state index contributed by atoms with van der Waals surface area (Å²) in [4.78, 5) is 20.7. The molecule has 0 bridgehead atoms. The van der Waals surface area contributed by atoms with Gasteiger partial charge in [0, 0.05) is 12.2 Å². The molecule has 0 aliphatic carbocycles. The number of aliphatic carboxylic acids is 1. The predicted octanol–water partition coefficient (Wildman–Crippen LogP) is -0.0645. The Morgan fingerprint density at radius 3 is 2.54 bits per heavy atom. The van der Waals surface area contributed by atoms with E-state index in [2.05, 4.69) is 0 Å². The normalized spacial score (nSPS) is 17.4. The highest BCUT2D eigenvalue weighted by atomic mass is 32.2. The third-order valence-electron chi connectivity index (χ3n) is 1.77. The van der Waals surface area contributed by atoms with Gasteiger partial charge in [-0.1, -0.05) is 11.1 Å². The Kier molecular flexibility index (Phi) is 4.79. The molecule has 0 aliphatic heterocycles. The number of carbonyl (C=O) groups is 2. The van der Waals surface area contributed by atoms with Gasteiger partial charge in [-0.15, -0.1) is 0 Å². The molecule has 0 heterocycles. The van der Waals surface area contributed by atoms with Gasteiger partial charge in [-0.2, -0.15) is 0 Å². The van der Waals surface area contributed by atoms with Crippen molar-refractivity contribution in [1.82, 2.24) is 0 Å². The Bertz CT molecular complexity index is 227. The molecule has 0 aromatic carbocycles. The van der Waals surface area contributed by atoms with Crippen molar-refractivity contribution in [2.75, 3.05) is 5.75 Å². The van der Waals surface area contributed by atoms with Gasteiger partial charge in [0.05, 0.1) is 5.41 Å². The molecule has 0 rings (SSSR count). The summed E-state index contributed by atoms with van der Waals surface area (Å²) in [5.74, 6) is -1.66. The molecule has 2 atom stereocenters. The van der Waals surface area contributed by atoms with Crippen LogP contribution >= 0.6 is 0 Å². The Balaban J connectivity index is 4.42. The Morgan fingerprint density at radius 1 is 1.69 bits per heavy atom. The molecule has 0 aliphatic rings. The molecule has 1 unspecified atom stereocenters. The maximum atomic E-state index is 10.7. The molecule has 0 saturated heterocycles. The fourth-order valence-corrected chi connectivity index (χ4v) is 1.67. The molecular formula is C7H11O5S-. The standard InChI is InChI=1S/C7H12O5S/c1-7(6(9)10,3-2-4-8)5-13(11)12/h4H,2-3,5H2,1H3,(H,9,10)(H,11,12)/p-1/t7-/m0/s1. The number of carbonyl (C=O) groups excluding carboxylic acids is 1. The summed E-state index contributed by atoms with van der Waals surface area (Å²) in [6.45, 7) is 1.31. The summed E-state index contributed by atoms with van der Waals surface area (Å²) in [5.41, 5.74) is -1.35. The topological polar surface area (TPSA) is 94.5 Å². The maximum absolute atomic E-state index is 10.7. The first-order chi connectivity index (χ1) is 5.92. The quantitative estimate of drug-likeness (QED) is 0.486. The molecule has 1 N–H and O–H groups in total. The van der Waals surface area contributed by atoms with Gasteiger partial charge in [0.25, 0.3) is 0 Å². The first kappa shape index (κ1) is 12.2. The van der Waals surface area contributed by atoms with E-state index in [1.165, 1.54) is 6.92 Å². The Morgan fingerprint density at radius 2 is 2.23 bits per heavy atom. The molecule has 0 radical (unpaired) electrons. The van der Waals surface area contributed by atoms with Gasteiger partial charge in [0.2, 0.25) is 0 Å². The summed E-state index contributed by atoms with van der Waals surface area (Å²) in [5, 5.41) is 8.72. The Labute approximate surface area is 78.4 Å². The molecular weight excluding hydrogens is 196 g/mol. The van der Waals surface area contributed by atoms with E-state index >= 15 is 0 Å². The molecule has 5 nitrogen and oxygen atoms in total. The largest absolute Gasteiger partial charge is 0.772 e. The average Bonchev–Trinajstić information content (AvgIpc) is 1.99. The molecule has 0 amide bonds. The third kappa shape index (κ3) is 4.14. The molecule has 0 fully saturated rings.